The first-order valence-electron chi connectivity index (χ1n) is 9.82. The Kier molecular flexibility index (Phi) is 6.47. The van der Waals surface area contributed by atoms with Gasteiger partial charge >= 0.3 is 6.61 Å². The van der Waals surface area contributed by atoms with Crippen LogP contribution in [0.4, 0.5) is 30.4 Å². The van der Waals surface area contributed by atoms with Crippen molar-refractivity contribution in [3.8, 4) is 11.5 Å². The van der Waals surface area contributed by atoms with Crippen molar-refractivity contribution in [2.24, 2.45) is 0 Å². The monoisotopic (exact) mass is 482 g/mol. The average molecular weight is 482 g/mol. The van der Waals surface area contributed by atoms with Crippen molar-refractivity contribution in [1.29, 1.82) is 0 Å². The number of alkyl halides is 2. The van der Waals surface area contributed by atoms with Crippen molar-refractivity contribution in [3.05, 3.63) is 42.5 Å². The maximum Gasteiger partial charge on any atom is 0.387 e. The Balaban J connectivity index is 1.77. The Labute approximate surface area is 188 Å². The predicted octanol–water partition coefficient (Wildman–Crippen LogP) is 3.95. The van der Waals surface area contributed by atoms with Crippen LogP contribution in [0.3, 0.4) is 0 Å². The standard InChI is InChI=1S/C21H21F3N4O4S/c1-33(2,29)28-13-8-16-19(18(9-13)32-21(23)24)20(26-11-25-16)27-15-4-3-12(22)7-17(15)31-14-5-6-30-10-14/h3-4,7-9,11,14,21H,1,5-6,10H2,2H3,(H,28,29)(H,25,26,27). The van der Waals surface area contributed by atoms with Crippen molar-refractivity contribution >= 4 is 43.7 Å². The van der Waals surface area contributed by atoms with Crippen LogP contribution >= 0.6 is 0 Å². The van der Waals surface area contributed by atoms with Crippen LogP contribution in [0.2, 0.25) is 0 Å². The van der Waals surface area contributed by atoms with Crippen molar-refractivity contribution in [3.63, 3.8) is 0 Å². The average Bonchev–Trinajstić information content (AvgIpc) is 3.21. The normalized spacial score (nSPS) is 17.7. The highest BCUT2D eigenvalue weighted by Crippen LogP contribution is 2.38. The Morgan fingerprint density at radius 2 is 2.06 bits per heavy atom. The molecular formula is C21H21F3N4O4S. The van der Waals surface area contributed by atoms with Gasteiger partial charge in [-0.05, 0) is 24.1 Å². The fourth-order valence-electron chi connectivity index (χ4n) is 3.36. The van der Waals surface area contributed by atoms with E-state index < -0.39 is 22.1 Å². The first-order chi connectivity index (χ1) is 15.7. The molecule has 1 aliphatic heterocycles. The van der Waals surface area contributed by atoms with E-state index in [2.05, 4.69) is 25.9 Å². The quantitative estimate of drug-likeness (QED) is 0.470. The molecular weight excluding hydrogens is 461 g/mol. The molecule has 2 heterocycles. The van der Waals surface area contributed by atoms with Crippen LogP contribution in [0.5, 0.6) is 11.5 Å². The van der Waals surface area contributed by atoms with E-state index in [9.17, 15) is 17.4 Å². The van der Waals surface area contributed by atoms with Crippen LogP contribution < -0.4 is 19.5 Å². The molecule has 0 bridgehead atoms. The molecule has 12 heteroatoms. The van der Waals surface area contributed by atoms with Gasteiger partial charge in [-0.15, -0.1) is 0 Å². The topological polar surface area (TPSA) is 94.6 Å². The summed E-state index contributed by atoms with van der Waals surface area (Å²) in [5.74, 6) is 3.10. The highest BCUT2D eigenvalue weighted by Gasteiger charge is 2.21. The molecule has 0 spiro atoms. The molecule has 0 aliphatic carbocycles. The van der Waals surface area contributed by atoms with E-state index in [1.807, 2.05) is 0 Å². The number of halogens is 3. The zero-order valence-electron chi connectivity index (χ0n) is 17.5. The van der Waals surface area contributed by atoms with Crippen LogP contribution in [-0.2, 0) is 14.4 Å². The van der Waals surface area contributed by atoms with Crippen LogP contribution in [-0.4, -0.2) is 52.2 Å². The maximum absolute atomic E-state index is 13.9. The Morgan fingerprint density at radius 3 is 2.76 bits per heavy atom. The van der Waals surface area contributed by atoms with Crippen LogP contribution in [0, 0.1) is 5.82 Å². The van der Waals surface area contributed by atoms with Gasteiger partial charge in [0.05, 0.1) is 35.5 Å². The molecule has 0 amide bonds. The summed E-state index contributed by atoms with van der Waals surface area (Å²) in [5, 5.41) is 3.15. The Bertz CT molecular complexity index is 1270. The minimum Gasteiger partial charge on any atom is -0.486 e. The minimum atomic E-state index is -3.13. The van der Waals surface area contributed by atoms with Crippen molar-refractivity contribution in [1.82, 2.24) is 9.97 Å². The summed E-state index contributed by atoms with van der Waals surface area (Å²) in [4.78, 5) is 8.28. The number of anilines is 3. The number of nitrogens with one attached hydrogen (secondary N) is 2. The minimum absolute atomic E-state index is 0.133. The summed E-state index contributed by atoms with van der Waals surface area (Å²) in [7, 11) is -2.69. The predicted molar refractivity (Wildman–Crippen MR) is 121 cm³/mol. The molecule has 2 N–H and O–H groups in total. The van der Waals surface area contributed by atoms with E-state index >= 15 is 0 Å². The molecule has 2 atom stereocenters. The molecule has 176 valence electrons. The number of benzene rings is 2. The Morgan fingerprint density at radius 1 is 1.24 bits per heavy atom. The van der Waals surface area contributed by atoms with Gasteiger partial charge in [0.2, 0.25) is 0 Å². The third kappa shape index (κ3) is 5.76. The summed E-state index contributed by atoms with van der Waals surface area (Å²) in [6, 6.07) is 6.66. The van der Waals surface area contributed by atoms with Crippen LogP contribution in [0.25, 0.3) is 10.9 Å². The van der Waals surface area contributed by atoms with E-state index in [0.29, 0.717) is 25.3 Å². The molecule has 2 aromatic carbocycles. The van der Waals surface area contributed by atoms with E-state index in [4.69, 9.17) is 14.2 Å². The van der Waals surface area contributed by atoms with Crippen molar-refractivity contribution < 1.29 is 31.6 Å². The van der Waals surface area contributed by atoms with Crippen molar-refractivity contribution in [2.45, 2.75) is 19.1 Å². The maximum atomic E-state index is 13.9. The van der Waals surface area contributed by atoms with Crippen molar-refractivity contribution in [2.75, 3.05) is 29.5 Å². The highest BCUT2D eigenvalue weighted by molar-refractivity contribution is 8.00. The van der Waals surface area contributed by atoms with E-state index in [1.165, 1.54) is 42.9 Å². The number of aromatic nitrogens is 2. The SMILES string of the molecule is C=S(C)(=O)Nc1cc(OC(F)F)c2c(Nc3ccc(F)cc3OC3CCOC3)ncnc2c1. The first-order valence-corrected chi connectivity index (χ1v) is 12.0. The summed E-state index contributed by atoms with van der Waals surface area (Å²) in [6.07, 6.45) is 3.00. The summed E-state index contributed by atoms with van der Waals surface area (Å²) >= 11 is 0. The number of nitrogens with zero attached hydrogens (tertiary/aromatic N) is 2. The van der Waals surface area contributed by atoms with Gasteiger partial charge in [-0.25, -0.2) is 18.6 Å². The fraction of sp³-hybridized carbons (Fsp3) is 0.286. The summed E-state index contributed by atoms with van der Waals surface area (Å²) in [6.45, 7) is -2.21. The zero-order valence-corrected chi connectivity index (χ0v) is 18.3. The molecule has 33 heavy (non-hydrogen) atoms. The Hall–Kier alpha value is -3.25. The first kappa shape index (κ1) is 22.9. The molecule has 1 aliphatic rings. The van der Waals surface area contributed by atoms with Gasteiger partial charge in [-0.3, -0.25) is 0 Å². The third-order valence-electron chi connectivity index (χ3n) is 4.63. The van der Waals surface area contributed by atoms with E-state index in [0.717, 1.165) is 0 Å². The highest BCUT2D eigenvalue weighted by atomic mass is 32.2. The lowest BCUT2D eigenvalue weighted by atomic mass is 10.2. The van der Waals surface area contributed by atoms with E-state index in [-0.39, 0.29) is 40.0 Å². The van der Waals surface area contributed by atoms with Gasteiger partial charge in [0.25, 0.3) is 0 Å². The summed E-state index contributed by atoms with van der Waals surface area (Å²) in [5.41, 5.74) is 0.839. The second kappa shape index (κ2) is 9.32. The van der Waals surface area contributed by atoms with Gasteiger partial charge in [0.1, 0.15) is 35.6 Å². The zero-order chi connectivity index (χ0) is 23.6. The van der Waals surface area contributed by atoms with Gasteiger partial charge in [-0.1, -0.05) is 0 Å². The molecule has 8 nitrogen and oxygen atoms in total. The second-order valence-electron chi connectivity index (χ2n) is 7.45. The lowest BCUT2D eigenvalue weighted by Crippen LogP contribution is -2.16. The lowest BCUT2D eigenvalue weighted by molar-refractivity contribution is -0.0487. The number of hydrogen-bond acceptors (Lipinski definition) is 7. The second-order valence-corrected chi connectivity index (χ2v) is 9.66. The third-order valence-corrected chi connectivity index (χ3v) is 5.30. The smallest absolute Gasteiger partial charge is 0.387 e. The molecule has 1 saturated heterocycles. The molecule has 2 unspecified atom stereocenters. The number of ether oxygens (including phenoxy) is 3. The number of hydrogen-bond donors (Lipinski definition) is 2. The lowest BCUT2D eigenvalue weighted by Gasteiger charge is -2.18. The van der Waals surface area contributed by atoms with Crippen LogP contribution in [0.1, 0.15) is 6.42 Å². The van der Waals surface area contributed by atoms with Crippen LogP contribution in [0.15, 0.2) is 36.7 Å². The molecule has 1 fully saturated rings. The number of rotatable bonds is 8. The van der Waals surface area contributed by atoms with Gasteiger partial charge in [-0.2, -0.15) is 8.78 Å². The van der Waals surface area contributed by atoms with Gasteiger partial charge in [0, 0.05) is 34.5 Å². The molecule has 1 aromatic heterocycles. The molecule has 4 rings (SSSR count). The largest absolute Gasteiger partial charge is 0.486 e. The fourth-order valence-corrected chi connectivity index (χ4v) is 3.97. The molecule has 0 saturated carbocycles. The van der Waals surface area contributed by atoms with Gasteiger partial charge < -0.3 is 24.2 Å². The number of fused-ring (bicyclic) bond motifs is 1. The summed E-state index contributed by atoms with van der Waals surface area (Å²) < 4.78 is 70.8. The van der Waals surface area contributed by atoms with Gasteiger partial charge in [0.15, 0.2) is 0 Å². The molecule has 0 radical (unpaired) electrons. The van der Waals surface area contributed by atoms with E-state index in [1.54, 1.807) is 0 Å². The molecule has 3 aromatic rings.